The molecule has 1 atom stereocenters. The summed E-state index contributed by atoms with van der Waals surface area (Å²) in [6.07, 6.45) is 0.573. The molecule has 1 radical (unpaired) electrons. The van der Waals surface area contributed by atoms with Crippen LogP contribution in [0, 0.1) is 6.10 Å². The highest BCUT2D eigenvalue weighted by atomic mass is 16.8. The first-order chi connectivity index (χ1) is 9.94. The number of unbranched alkanes of at least 4 members (excludes halogenated alkanes) is 1. The first-order valence-corrected chi connectivity index (χ1v) is 7.52. The predicted octanol–water partition coefficient (Wildman–Crippen LogP) is 4.22. The highest BCUT2D eigenvalue weighted by Crippen LogP contribution is 2.21. The Morgan fingerprint density at radius 3 is 2.14 bits per heavy atom. The number of ether oxygens (including phenoxy) is 4. The van der Waals surface area contributed by atoms with Crippen LogP contribution in [0.5, 0.6) is 0 Å². The Labute approximate surface area is 127 Å². The summed E-state index contributed by atoms with van der Waals surface area (Å²) in [7, 11) is 0. The lowest BCUT2D eigenvalue weighted by Crippen LogP contribution is -2.29. The molecule has 0 aliphatic rings. The third kappa shape index (κ3) is 9.15. The van der Waals surface area contributed by atoms with Gasteiger partial charge in [0.15, 0.2) is 6.10 Å². The van der Waals surface area contributed by atoms with Crippen LogP contribution in [0.3, 0.4) is 0 Å². The molecule has 0 aromatic heterocycles. The lowest BCUT2D eigenvalue weighted by molar-refractivity contribution is -0.0249. The van der Waals surface area contributed by atoms with Crippen molar-refractivity contribution in [3.8, 4) is 0 Å². The molecular weight excluding hydrogens is 276 g/mol. The van der Waals surface area contributed by atoms with Gasteiger partial charge < -0.3 is 18.9 Å². The molecule has 0 saturated carbocycles. The molecule has 0 aliphatic heterocycles. The fourth-order valence-electron chi connectivity index (χ4n) is 1.52. The largest absolute Gasteiger partial charge is 0.509 e. The molecule has 0 aliphatic carbocycles. The zero-order valence-corrected chi connectivity index (χ0v) is 13.6. The van der Waals surface area contributed by atoms with Gasteiger partial charge in [-0.1, -0.05) is 27.2 Å². The van der Waals surface area contributed by atoms with E-state index in [4.69, 9.17) is 18.9 Å². The van der Waals surface area contributed by atoms with Gasteiger partial charge in [-0.2, -0.15) is 0 Å². The summed E-state index contributed by atoms with van der Waals surface area (Å²) in [5.74, 6) is 0. The molecule has 6 heteroatoms. The van der Waals surface area contributed by atoms with Crippen LogP contribution >= 0.6 is 0 Å². The highest BCUT2D eigenvalue weighted by Gasteiger charge is 2.29. The zero-order chi connectivity index (χ0) is 16.3. The highest BCUT2D eigenvalue weighted by molar-refractivity contribution is 5.62. The van der Waals surface area contributed by atoms with E-state index in [1.807, 2.05) is 20.8 Å². The minimum atomic E-state index is -0.772. The summed E-state index contributed by atoms with van der Waals surface area (Å²) in [5.41, 5.74) is 0. The SMILES string of the molecule is CCCCOC(=O)O[C](CC)C(CC)OC(=O)OC(C)C. The third-order valence-corrected chi connectivity index (χ3v) is 2.58. The van der Waals surface area contributed by atoms with Gasteiger partial charge in [0, 0.05) is 0 Å². The summed E-state index contributed by atoms with van der Waals surface area (Å²) in [5, 5.41) is 0. The average Bonchev–Trinajstić information content (AvgIpc) is 2.42. The van der Waals surface area contributed by atoms with Gasteiger partial charge in [-0.15, -0.1) is 0 Å². The number of carbonyl (C=O) groups is 2. The molecule has 0 aromatic carbocycles. The van der Waals surface area contributed by atoms with Crippen LogP contribution in [-0.2, 0) is 18.9 Å². The minimum Gasteiger partial charge on any atom is -0.434 e. The first-order valence-electron chi connectivity index (χ1n) is 7.52. The Hall–Kier alpha value is -1.46. The lowest BCUT2D eigenvalue weighted by Gasteiger charge is -2.23. The van der Waals surface area contributed by atoms with Crippen molar-refractivity contribution >= 4 is 12.3 Å². The van der Waals surface area contributed by atoms with E-state index < -0.39 is 18.4 Å². The molecule has 0 saturated heterocycles. The topological polar surface area (TPSA) is 71.1 Å². The Bertz CT molecular complexity index is 303. The van der Waals surface area contributed by atoms with Crippen molar-refractivity contribution in [2.75, 3.05) is 6.61 Å². The number of carbonyl (C=O) groups excluding carboxylic acids is 2. The minimum absolute atomic E-state index is 0.264. The van der Waals surface area contributed by atoms with Crippen LogP contribution in [0.2, 0.25) is 0 Å². The van der Waals surface area contributed by atoms with E-state index in [0.717, 1.165) is 12.8 Å². The molecule has 123 valence electrons. The molecule has 0 fully saturated rings. The van der Waals surface area contributed by atoms with E-state index in [1.165, 1.54) is 0 Å². The molecule has 0 spiro atoms. The van der Waals surface area contributed by atoms with E-state index in [1.54, 1.807) is 13.8 Å². The molecule has 6 nitrogen and oxygen atoms in total. The van der Waals surface area contributed by atoms with Crippen molar-refractivity contribution < 1.29 is 28.5 Å². The van der Waals surface area contributed by atoms with Gasteiger partial charge in [0.05, 0.1) is 12.7 Å². The molecule has 0 aromatic rings. The van der Waals surface area contributed by atoms with Crippen LogP contribution < -0.4 is 0 Å². The second kappa shape index (κ2) is 11.2. The smallest absolute Gasteiger partial charge is 0.434 e. The van der Waals surface area contributed by atoms with Crippen LogP contribution in [0.25, 0.3) is 0 Å². The fraction of sp³-hybridized carbons (Fsp3) is 0.800. The van der Waals surface area contributed by atoms with Gasteiger partial charge in [-0.25, -0.2) is 9.59 Å². The van der Waals surface area contributed by atoms with Crippen molar-refractivity contribution in [3.05, 3.63) is 6.10 Å². The van der Waals surface area contributed by atoms with Gasteiger partial charge in [0.2, 0.25) is 0 Å². The normalized spacial score (nSPS) is 12.1. The van der Waals surface area contributed by atoms with E-state index in [0.29, 0.717) is 25.6 Å². The number of rotatable bonds is 9. The predicted molar refractivity (Wildman–Crippen MR) is 77.7 cm³/mol. The van der Waals surface area contributed by atoms with Crippen molar-refractivity contribution in [2.24, 2.45) is 0 Å². The maximum Gasteiger partial charge on any atom is 0.509 e. The van der Waals surface area contributed by atoms with Crippen LogP contribution in [0.4, 0.5) is 9.59 Å². The van der Waals surface area contributed by atoms with Crippen molar-refractivity contribution in [3.63, 3.8) is 0 Å². The summed E-state index contributed by atoms with van der Waals surface area (Å²) >= 11 is 0. The second-order valence-corrected chi connectivity index (χ2v) is 4.81. The van der Waals surface area contributed by atoms with Gasteiger partial charge in [0.1, 0.15) is 6.10 Å². The summed E-state index contributed by atoms with van der Waals surface area (Å²) in [6, 6.07) is 0. The van der Waals surface area contributed by atoms with Crippen molar-refractivity contribution in [1.29, 1.82) is 0 Å². The molecule has 1 unspecified atom stereocenters. The monoisotopic (exact) mass is 303 g/mol. The van der Waals surface area contributed by atoms with Gasteiger partial charge in [-0.3, -0.25) is 0 Å². The van der Waals surface area contributed by atoms with Crippen LogP contribution in [0.1, 0.15) is 60.3 Å². The van der Waals surface area contributed by atoms with E-state index >= 15 is 0 Å². The summed E-state index contributed by atoms with van der Waals surface area (Å²) < 4.78 is 20.1. The lowest BCUT2D eigenvalue weighted by atomic mass is 10.1. The van der Waals surface area contributed by atoms with E-state index in [2.05, 4.69) is 0 Å². The zero-order valence-electron chi connectivity index (χ0n) is 13.6. The Kier molecular flexibility index (Phi) is 10.4. The van der Waals surface area contributed by atoms with Gasteiger partial charge in [0.25, 0.3) is 0 Å². The fourth-order valence-corrected chi connectivity index (χ4v) is 1.52. The summed E-state index contributed by atoms with van der Waals surface area (Å²) in [4.78, 5) is 23.0. The van der Waals surface area contributed by atoms with Crippen molar-refractivity contribution in [1.82, 2.24) is 0 Å². The maximum absolute atomic E-state index is 11.5. The van der Waals surface area contributed by atoms with Crippen molar-refractivity contribution in [2.45, 2.75) is 72.5 Å². The van der Waals surface area contributed by atoms with Gasteiger partial charge >= 0.3 is 12.3 Å². The number of hydrogen-bond donors (Lipinski definition) is 0. The molecule has 0 bridgehead atoms. The molecular formula is C15H27O6. The molecule has 0 heterocycles. The van der Waals surface area contributed by atoms with Crippen LogP contribution in [0.15, 0.2) is 0 Å². The maximum atomic E-state index is 11.5. The van der Waals surface area contributed by atoms with Gasteiger partial charge in [-0.05, 0) is 33.1 Å². The molecule has 0 N–H and O–H groups in total. The average molecular weight is 303 g/mol. The Balaban J connectivity index is 4.37. The van der Waals surface area contributed by atoms with E-state index in [-0.39, 0.29) is 6.10 Å². The standard InChI is InChI=1S/C15H27O6/c1-6-9-10-18-14(16)20-12(7-2)13(8-3)21-15(17)19-11(4)5/h11,13H,6-10H2,1-5H3. The number of hydrogen-bond acceptors (Lipinski definition) is 6. The van der Waals surface area contributed by atoms with Crippen LogP contribution in [-0.4, -0.2) is 31.1 Å². The molecule has 0 rings (SSSR count). The van der Waals surface area contributed by atoms with E-state index in [9.17, 15) is 9.59 Å². The quantitative estimate of drug-likeness (QED) is 0.469. The molecule has 21 heavy (non-hydrogen) atoms. The second-order valence-electron chi connectivity index (χ2n) is 4.81. The Morgan fingerprint density at radius 2 is 1.67 bits per heavy atom. The molecule has 0 amide bonds. The Morgan fingerprint density at radius 1 is 1.00 bits per heavy atom. The summed E-state index contributed by atoms with van der Waals surface area (Å²) in [6.45, 7) is 9.42. The third-order valence-electron chi connectivity index (χ3n) is 2.58. The first kappa shape index (κ1) is 19.5.